The van der Waals surface area contributed by atoms with Crippen molar-refractivity contribution in [2.45, 2.75) is 45.6 Å². The largest absolute Gasteiger partial charge is 0.393 e. The highest BCUT2D eigenvalue weighted by molar-refractivity contribution is 6.10. The van der Waals surface area contributed by atoms with E-state index < -0.39 is 0 Å². The molecule has 3 fully saturated rings. The highest BCUT2D eigenvalue weighted by Gasteiger charge is 2.72. The second-order valence-corrected chi connectivity index (χ2v) is 6.65. The van der Waals surface area contributed by atoms with Gasteiger partial charge < -0.3 is 5.11 Å². The monoisotopic (exact) mass is 251 g/mol. The van der Waals surface area contributed by atoms with Gasteiger partial charge in [-0.3, -0.25) is 14.5 Å². The lowest BCUT2D eigenvalue weighted by atomic mass is 10.0. The van der Waals surface area contributed by atoms with Crippen LogP contribution in [-0.2, 0) is 9.59 Å². The lowest BCUT2D eigenvalue weighted by Crippen LogP contribution is -2.38. The Morgan fingerprint density at radius 2 is 1.83 bits per heavy atom. The molecule has 0 aromatic carbocycles. The molecule has 1 N–H and O–H groups in total. The van der Waals surface area contributed by atoms with Crippen molar-refractivity contribution in [2.24, 2.45) is 23.2 Å². The molecule has 0 aromatic heterocycles. The van der Waals surface area contributed by atoms with Crippen LogP contribution in [0.15, 0.2) is 0 Å². The molecule has 1 saturated heterocycles. The molecular formula is C14H21NO3. The smallest absolute Gasteiger partial charge is 0.233 e. The van der Waals surface area contributed by atoms with Gasteiger partial charge in [0.05, 0.1) is 17.9 Å². The Morgan fingerprint density at radius 3 is 2.33 bits per heavy atom. The molecule has 18 heavy (non-hydrogen) atoms. The summed E-state index contributed by atoms with van der Waals surface area (Å²) in [5.41, 5.74) is -0.114. The first-order valence-electron chi connectivity index (χ1n) is 6.98. The molecule has 4 unspecified atom stereocenters. The third kappa shape index (κ3) is 1.54. The number of carbonyl (C=O) groups excluding carboxylic acids is 2. The zero-order chi connectivity index (χ0) is 13.1. The number of carbonyl (C=O) groups is 2. The fourth-order valence-electron chi connectivity index (χ4n) is 3.87. The Balaban J connectivity index is 1.59. The quantitative estimate of drug-likeness (QED) is 0.766. The van der Waals surface area contributed by atoms with Crippen LogP contribution >= 0.6 is 0 Å². The summed E-state index contributed by atoms with van der Waals surface area (Å²) in [4.78, 5) is 25.6. The minimum atomic E-state index is -0.233. The van der Waals surface area contributed by atoms with E-state index in [1.54, 1.807) is 0 Å². The van der Waals surface area contributed by atoms with Crippen molar-refractivity contribution in [1.82, 2.24) is 4.90 Å². The van der Waals surface area contributed by atoms with E-state index in [0.29, 0.717) is 6.54 Å². The highest BCUT2D eigenvalue weighted by Crippen LogP contribution is 2.63. The predicted octanol–water partition coefficient (Wildman–Crippen LogP) is 1.18. The number of hydrogen-bond acceptors (Lipinski definition) is 3. The molecule has 0 radical (unpaired) electrons. The van der Waals surface area contributed by atoms with Crippen molar-refractivity contribution < 1.29 is 14.7 Å². The van der Waals surface area contributed by atoms with Gasteiger partial charge in [-0.2, -0.15) is 0 Å². The van der Waals surface area contributed by atoms with Crippen LogP contribution in [0.3, 0.4) is 0 Å². The van der Waals surface area contributed by atoms with E-state index in [0.717, 1.165) is 25.7 Å². The van der Waals surface area contributed by atoms with Gasteiger partial charge in [-0.15, -0.1) is 0 Å². The number of piperidine rings is 1. The zero-order valence-electron chi connectivity index (χ0n) is 11.1. The molecular weight excluding hydrogens is 230 g/mol. The second kappa shape index (κ2) is 3.80. The van der Waals surface area contributed by atoms with E-state index in [1.165, 1.54) is 4.90 Å². The maximum atomic E-state index is 12.1. The normalized spacial score (nSPS) is 41.4. The number of nitrogens with zero attached hydrogens (tertiary/aromatic N) is 1. The summed E-state index contributed by atoms with van der Waals surface area (Å²) in [7, 11) is 0. The lowest BCUT2D eigenvalue weighted by Gasteiger charge is -2.23. The minimum Gasteiger partial charge on any atom is -0.393 e. The molecule has 0 aromatic rings. The molecule has 2 aliphatic carbocycles. The van der Waals surface area contributed by atoms with E-state index in [1.807, 2.05) is 13.8 Å². The Hall–Kier alpha value is -0.900. The topological polar surface area (TPSA) is 57.6 Å². The first kappa shape index (κ1) is 12.2. The summed E-state index contributed by atoms with van der Waals surface area (Å²) < 4.78 is 0. The number of aliphatic hydroxyl groups excluding tert-OH is 1. The van der Waals surface area contributed by atoms with Gasteiger partial charge >= 0.3 is 0 Å². The number of hydrogen-bond donors (Lipinski definition) is 1. The van der Waals surface area contributed by atoms with Gasteiger partial charge in [0, 0.05) is 6.54 Å². The molecule has 3 aliphatic rings. The van der Waals surface area contributed by atoms with Gasteiger partial charge in [0.1, 0.15) is 0 Å². The van der Waals surface area contributed by atoms with Crippen LogP contribution in [0.2, 0.25) is 0 Å². The third-order valence-electron chi connectivity index (χ3n) is 5.23. The predicted molar refractivity (Wildman–Crippen MR) is 65.4 cm³/mol. The SMILES string of the molecule is CC1(C)C2C(=O)N(CCC3CCCC3O)C(=O)C21. The van der Waals surface area contributed by atoms with E-state index in [4.69, 9.17) is 0 Å². The number of imide groups is 1. The van der Waals surface area contributed by atoms with Crippen LogP contribution in [0.4, 0.5) is 0 Å². The molecule has 100 valence electrons. The lowest BCUT2D eigenvalue weighted by molar-refractivity contribution is -0.143. The molecule has 0 spiro atoms. The van der Waals surface area contributed by atoms with Crippen LogP contribution in [-0.4, -0.2) is 34.5 Å². The number of fused-ring (bicyclic) bond motifs is 1. The van der Waals surface area contributed by atoms with Crippen LogP contribution < -0.4 is 0 Å². The summed E-state index contributed by atoms with van der Waals surface area (Å²) in [5.74, 6) is 0.164. The number of amides is 2. The van der Waals surface area contributed by atoms with Crippen LogP contribution in [0, 0.1) is 23.2 Å². The molecule has 3 rings (SSSR count). The Morgan fingerprint density at radius 1 is 1.22 bits per heavy atom. The van der Waals surface area contributed by atoms with E-state index in [9.17, 15) is 14.7 Å². The maximum Gasteiger partial charge on any atom is 0.233 e. The average Bonchev–Trinajstić information content (AvgIpc) is 2.57. The molecule has 4 nitrogen and oxygen atoms in total. The summed E-state index contributed by atoms with van der Waals surface area (Å²) in [6.07, 6.45) is 3.48. The van der Waals surface area contributed by atoms with Crippen LogP contribution in [0.25, 0.3) is 0 Å². The van der Waals surface area contributed by atoms with Gasteiger partial charge in [-0.05, 0) is 30.6 Å². The van der Waals surface area contributed by atoms with E-state index in [2.05, 4.69) is 0 Å². The average molecular weight is 251 g/mol. The van der Waals surface area contributed by atoms with Crippen molar-refractivity contribution in [3.05, 3.63) is 0 Å². The van der Waals surface area contributed by atoms with Gasteiger partial charge in [0.25, 0.3) is 0 Å². The van der Waals surface area contributed by atoms with Crippen molar-refractivity contribution in [3.8, 4) is 0 Å². The van der Waals surface area contributed by atoms with Crippen molar-refractivity contribution in [1.29, 1.82) is 0 Å². The van der Waals surface area contributed by atoms with Gasteiger partial charge in [0.15, 0.2) is 0 Å². The molecule has 2 saturated carbocycles. The third-order valence-corrected chi connectivity index (χ3v) is 5.23. The number of likely N-dealkylation sites (tertiary alicyclic amines) is 1. The molecule has 0 bridgehead atoms. The molecule has 2 amide bonds. The second-order valence-electron chi connectivity index (χ2n) is 6.65. The Labute approximate surface area is 107 Å². The fourth-order valence-corrected chi connectivity index (χ4v) is 3.87. The van der Waals surface area contributed by atoms with Crippen LogP contribution in [0.1, 0.15) is 39.5 Å². The van der Waals surface area contributed by atoms with Crippen molar-refractivity contribution in [2.75, 3.05) is 6.54 Å². The van der Waals surface area contributed by atoms with E-state index in [-0.39, 0.29) is 41.1 Å². The molecule has 1 heterocycles. The first-order valence-corrected chi connectivity index (χ1v) is 6.98. The summed E-state index contributed by atoms with van der Waals surface area (Å²) in [5, 5.41) is 9.75. The van der Waals surface area contributed by atoms with Gasteiger partial charge in [-0.25, -0.2) is 0 Å². The summed E-state index contributed by atoms with van der Waals surface area (Å²) in [6.45, 7) is 4.49. The van der Waals surface area contributed by atoms with Crippen molar-refractivity contribution in [3.63, 3.8) is 0 Å². The standard InChI is InChI=1S/C14H21NO3/c1-14(2)10-11(14)13(18)15(12(10)17)7-6-8-4-3-5-9(8)16/h8-11,16H,3-7H2,1-2H3. The molecule has 4 heteroatoms. The number of rotatable bonds is 3. The number of aliphatic hydroxyl groups is 1. The van der Waals surface area contributed by atoms with Crippen LogP contribution in [0.5, 0.6) is 0 Å². The first-order chi connectivity index (χ1) is 8.44. The van der Waals surface area contributed by atoms with Gasteiger partial charge in [0.2, 0.25) is 11.8 Å². The maximum absolute atomic E-state index is 12.1. The molecule has 1 aliphatic heterocycles. The minimum absolute atomic E-state index is 0.0162. The fraction of sp³-hybridized carbons (Fsp3) is 0.857. The molecule has 4 atom stereocenters. The zero-order valence-corrected chi connectivity index (χ0v) is 11.1. The summed E-state index contributed by atoms with van der Waals surface area (Å²) >= 11 is 0. The summed E-state index contributed by atoms with van der Waals surface area (Å²) in [6, 6.07) is 0. The van der Waals surface area contributed by atoms with E-state index >= 15 is 0 Å². The Bertz CT molecular complexity index is 380. The van der Waals surface area contributed by atoms with Crippen molar-refractivity contribution >= 4 is 11.8 Å². The van der Waals surface area contributed by atoms with Gasteiger partial charge in [-0.1, -0.05) is 20.3 Å². The Kier molecular flexibility index (Phi) is 2.56. The highest BCUT2D eigenvalue weighted by atomic mass is 16.3.